The Balaban J connectivity index is 1.86. The van der Waals surface area contributed by atoms with Gasteiger partial charge in [-0.3, -0.25) is 0 Å². The second-order valence-corrected chi connectivity index (χ2v) is 7.43. The summed E-state index contributed by atoms with van der Waals surface area (Å²) in [4.78, 5) is 1.58. The van der Waals surface area contributed by atoms with E-state index in [9.17, 15) is 5.11 Å². The number of aromatic nitrogens is 3. The third-order valence-electron chi connectivity index (χ3n) is 5.16. The Hall–Kier alpha value is -2.88. The average molecular weight is 345 g/mol. The molecule has 0 unspecified atom stereocenters. The van der Waals surface area contributed by atoms with Crippen LogP contribution in [0.5, 0.6) is 5.75 Å². The van der Waals surface area contributed by atoms with E-state index in [2.05, 4.69) is 48.3 Å². The van der Waals surface area contributed by atoms with Gasteiger partial charge in [-0.2, -0.15) is 5.10 Å². The smallest absolute Gasteiger partial charge is 0.147 e. The van der Waals surface area contributed by atoms with Crippen molar-refractivity contribution in [1.82, 2.24) is 15.0 Å². The largest absolute Gasteiger partial charge is 0.505 e. The molecule has 0 fully saturated rings. The van der Waals surface area contributed by atoms with Gasteiger partial charge in [0.25, 0.3) is 0 Å². The van der Waals surface area contributed by atoms with Gasteiger partial charge in [0, 0.05) is 11.0 Å². The maximum Gasteiger partial charge on any atom is 0.147 e. The van der Waals surface area contributed by atoms with Gasteiger partial charge >= 0.3 is 0 Å². The Morgan fingerprint density at radius 2 is 1.85 bits per heavy atom. The summed E-state index contributed by atoms with van der Waals surface area (Å²) >= 11 is 0. The van der Waals surface area contributed by atoms with Crippen molar-refractivity contribution < 1.29 is 5.11 Å². The number of rotatable bonds is 3. The molecule has 3 aromatic rings. The molecule has 0 saturated heterocycles. The number of fused-ring (bicyclic) bond motifs is 1. The first-order valence-electron chi connectivity index (χ1n) is 8.99. The molecular formula is C22H23N3O. The minimum atomic E-state index is -0.335. The lowest BCUT2D eigenvalue weighted by Crippen LogP contribution is -2.20. The van der Waals surface area contributed by atoms with Crippen LogP contribution in [0.3, 0.4) is 0 Å². The zero-order valence-electron chi connectivity index (χ0n) is 15.4. The van der Waals surface area contributed by atoms with E-state index in [0.717, 1.165) is 40.9 Å². The van der Waals surface area contributed by atoms with Crippen LogP contribution >= 0.6 is 0 Å². The SMILES string of the molecule is Cc1cc(-n2nc3c(n2)CCC=C3)c(O)c(C(C)(C)c2ccccc2)c1. The van der Waals surface area contributed by atoms with Crippen molar-refractivity contribution in [1.29, 1.82) is 0 Å². The van der Waals surface area contributed by atoms with Gasteiger partial charge in [-0.25, -0.2) is 0 Å². The molecule has 1 heterocycles. The maximum atomic E-state index is 11.1. The first kappa shape index (κ1) is 16.6. The zero-order chi connectivity index (χ0) is 18.3. The van der Waals surface area contributed by atoms with Gasteiger partial charge < -0.3 is 5.11 Å². The van der Waals surface area contributed by atoms with E-state index in [1.165, 1.54) is 0 Å². The van der Waals surface area contributed by atoms with Crippen molar-refractivity contribution in [3.05, 3.63) is 76.6 Å². The summed E-state index contributed by atoms with van der Waals surface area (Å²) in [6.07, 6.45) is 5.99. The van der Waals surface area contributed by atoms with Crippen molar-refractivity contribution in [2.45, 2.75) is 39.0 Å². The van der Waals surface area contributed by atoms with Crippen LogP contribution in [0.4, 0.5) is 0 Å². The van der Waals surface area contributed by atoms with Crippen LogP contribution in [-0.4, -0.2) is 20.1 Å². The predicted molar refractivity (Wildman–Crippen MR) is 104 cm³/mol. The van der Waals surface area contributed by atoms with Gasteiger partial charge in [-0.15, -0.1) is 9.90 Å². The molecular weight excluding hydrogens is 322 g/mol. The Morgan fingerprint density at radius 3 is 2.58 bits per heavy atom. The van der Waals surface area contributed by atoms with Crippen LogP contribution in [0.15, 0.2) is 48.5 Å². The Labute approximate surface area is 153 Å². The van der Waals surface area contributed by atoms with Crippen LogP contribution in [0.25, 0.3) is 11.8 Å². The van der Waals surface area contributed by atoms with Crippen LogP contribution in [-0.2, 0) is 11.8 Å². The Kier molecular flexibility index (Phi) is 3.91. The quantitative estimate of drug-likeness (QED) is 0.757. The van der Waals surface area contributed by atoms with Crippen molar-refractivity contribution in [2.75, 3.05) is 0 Å². The molecule has 0 atom stereocenters. The monoisotopic (exact) mass is 345 g/mol. The van der Waals surface area contributed by atoms with E-state index in [0.29, 0.717) is 5.69 Å². The molecule has 2 aromatic carbocycles. The molecule has 0 aliphatic heterocycles. The number of hydrogen-bond donors (Lipinski definition) is 1. The Bertz CT molecular complexity index is 984. The van der Waals surface area contributed by atoms with E-state index in [1.54, 1.807) is 4.80 Å². The molecule has 1 aromatic heterocycles. The minimum absolute atomic E-state index is 0.237. The molecule has 1 N–H and O–H groups in total. The summed E-state index contributed by atoms with van der Waals surface area (Å²) < 4.78 is 0. The Morgan fingerprint density at radius 1 is 1.08 bits per heavy atom. The number of aryl methyl sites for hydroxylation is 2. The van der Waals surface area contributed by atoms with E-state index in [-0.39, 0.29) is 11.2 Å². The molecule has 4 heteroatoms. The molecule has 4 rings (SSSR count). The molecule has 4 nitrogen and oxygen atoms in total. The molecule has 1 aliphatic carbocycles. The van der Waals surface area contributed by atoms with E-state index in [1.807, 2.05) is 37.3 Å². The van der Waals surface area contributed by atoms with Crippen LogP contribution in [0.1, 0.15) is 48.3 Å². The van der Waals surface area contributed by atoms with Gasteiger partial charge in [-0.1, -0.05) is 56.3 Å². The fourth-order valence-electron chi connectivity index (χ4n) is 3.58. The molecule has 0 amide bonds. The van der Waals surface area contributed by atoms with Crippen LogP contribution in [0.2, 0.25) is 0 Å². The van der Waals surface area contributed by atoms with Gasteiger partial charge in [0.1, 0.15) is 17.1 Å². The second kappa shape index (κ2) is 6.13. The normalized spacial score (nSPS) is 13.7. The molecule has 0 bridgehead atoms. The summed E-state index contributed by atoms with van der Waals surface area (Å²) in [7, 11) is 0. The van der Waals surface area contributed by atoms with Crippen molar-refractivity contribution >= 4 is 6.08 Å². The van der Waals surface area contributed by atoms with Gasteiger partial charge in [-0.05, 0) is 43.0 Å². The third-order valence-corrected chi connectivity index (χ3v) is 5.16. The highest BCUT2D eigenvalue weighted by Crippen LogP contribution is 2.40. The molecule has 0 saturated carbocycles. The lowest BCUT2D eigenvalue weighted by molar-refractivity contribution is 0.445. The molecule has 0 radical (unpaired) electrons. The fraction of sp³-hybridized carbons (Fsp3) is 0.273. The highest BCUT2D eigenvalue weighted by Gasteiger charge is 2.28. The highest BCUT2D eigenvalue weighted by atomic mass is 16.3. The minimum Gasteiger partial charge on any atom is -0.505 e. The first-order valence-corrected chi connectivity index (χ1v) is 8.99. The summed E-state index contributed by atoms with van der Waals surface area (Å²) in [5, 5.41) is 20.3. The maximum absolute atomic E-state index is 11.1. The van der Waals surface area contributed by atoms with Crippen molar-refractivity contribution in [3.8, 4) is 11.4 Å². The lowest BCUT2D eigenvalue weighted by atomic mass is 9.77. The van der Waals surface area contributed by atoms with E-state index >= 15 is 0 Å². The predicted octanol–water partition coefficient (Wildman–Crippen LogP) is 4.57. The summed E-state index contributed by atoms with van der Waals surface area (Å²) in [6, 6.07) is 14.2. The van der Waals surface area contributed by atoms with Crippen LogP contribution < -0.4 is 0 Å². The van der Waals surface area contributed by atoms with E-state index < -0.39 is 0 Å². The average Bonchev–Trinajstić information content (AvgIpc) is 3.08. The van der Waals surface area contributed by atoms with Gasteiger partial charge in [0.2, 0.25) is 0 Å². The molecule has 26 heavy (non-hydrogen) atoms. The van der Waals surface area contributed by atoms with Crippen molar-refractivity contribution in [2.24, 2.45) is 0 Å². The first-order chi connectivity index (χ1) is 12.5. The molecule has 132 valence electrons. The number of hydrogen-bond acceptors (Lipinski definition) is 3. The number of phenols is 1. The number of benzene rings is 2. The molecule has 0 spiro atoms. The lowest BCUT2D eigenvalue weighted by Gasteiger charge is -2.28. The fourth-order valence-corrected chi connectivity index (χ4v) is 3.58. The summed E-state index contributed by atoms with van der Waals surface area (Å²) in [5.74, 6) is 0.237. The topological polar surface area (TPSA) is 50.9 Å². The van der Waals surface area contributed by atoms with Crippen LogP contribution in [0, 0.1) is 6.92 Å². The highest BCUT2D eigenvalue weighted by molar-refractivity contribution is 5.58. The summed E-state index contributed by atoms with van der Waals surface area (Å²) in [5.41, 5.74) is 5.28. The summed E-state index contributed by atoms with van der Waals surface area (Å²) in [6.45, 7) is 6.30. The van der Waals surface area contributed by atoms with E-state index in [4.69, 9.17) is 0 Å². The standard InChI is InChI=1S/C22H23N3O/c1-15-13-17(22(2,3)16-9-5-4-6-10-16)21(26)20(14-15)25-23-18-11-7-8-12-19(18)24-25/h4-7,9-11,13-14,26H,8,12H2,1-3H3. The number of nitrogens with zero attached hydrogens (tertiary/aromatic N) is 3. The zero-order valence-corrected chi connectivity index (χ0v) is 15.4. The number of aromatic hydroxyl groups is 1. The van der Waals surface area contributed by atoms with Gasteiger partial charge in [0.05, 0.1) is 5.69 Å². The number of phenolic OH excluding ortho intramolecular Hbond substituents is 1. The van der Waals surface area contributed by atoms with Gasteiger partial charge in [0.15, 0.2) is 0 Å². The second-order valence-electron chi connectivity index (χ2n) is 7.43. The molecule has 1 aliphatic rings. The third kappa shape index (κ3) is 2.71. The van der Waals surface area contributed by atoms with Crippen molar-refractivity contribution in [3.63, 3.8) is 0 Å². The number of allylic oxidation sites excluding steroid dienone is 1.